The largest absolute Gasteiger partial charge is 0.494 e. The highest BCUT2D eigenvalue weighted by Crippen LogP contribution is 2.40. The summed E-state index contributed by atoms with van der Waals surface area (Å²) in [6.45, 7) is 8.25. The maximum atomic E-state index is 14.0. The van der Waals surface area contributed by atoms with Gasteiger partial charge in [-0.1, -0.05) is 0 Å². The highest BCUT2D eigenvalue weighted by molar-refractivity contribution is 7.97. The lowest BCUT2D eigenvalue weighted by molar-refractivity contribution is 0.384. The first-order valence-electron chi connectivity index (χ1n) is 6.37. The molecule has 3 nitrogen and oxygen atoms in total. The third-order valence-corrected chi connectivity index (χ3v) is 4.24. The van der Waals surface area contributed by atoms with Crippen LogP contribution in [0.4, 0.5) is 10.1 Å². The van der Waals surface area contributed by atoms with E-state index in [1.807, 2.05) is 0 Å². The number of methoxy groups -OCH3 is 1. The molecular formula is C14H21FN2OS. The molecule has 1 aromatic rings. The molecule has 1 aliphatic heterocycles. The summed E-state index contributed by atoms with van der Waals surface area (Å²) in [7, 11) is 3.55. The second-order valence-electron chi connectivity index (χ2n) is 5.72. The zero-order valence-corrected chi connectivity index (χ0v) is 13.0. The normalized spacial score (nSPS) is 17.1. The molecule has 1 aromatic carbocycles. The lowest BCUT2D eigenvalue weighted by Crippen LogP contribution is -2.43. The van der Waals surface area contributed by atoms with Crippen molar-refractivity contribution in [2.75, 3.05) is 32.1 Å². The fraction of sp³-hybridized carbons (Fsp3) is 0.571. The summed E-state index contributed by atoms with van der Waals surface area (Å²) in [5.41, 5.74) is 0.904. The molecule has 0 aromatic heterocycles. The Kier molecular flexibility index (Phi) is 3.97. The molecule has 0 amide bonds. The first kappa shape index (κ1) is 14.5. The van der Waals surface area contributed by atoms with Gasteiger partial charge < -0.3 is 9.64 Å². The molecule has 19 heavy (non-hydrogen) atoms. The summed E-state index contributed by atoms with van der Waals surface area (Å²) < 4.78 is 21.2. The van der Waals surface area contributed by atoms with Gasteiger partial charge >= 0.3 is 0 Å². The van der Waals surface area contributed by atoms with Crippen molar-refractivity contribution in [3.8, 4) is 5.75 Å². The molecule has 0 aliphatic carbocycles. The van der Waals surface area contributed by atoms with E-state index in [4.69, 9.17) is 4.74 Å². The van der Waals surface area contributed by atoms with Gasteiger partial charge in [0.2, 0.25) is 0 Å². The minimum absolute atomic E-state index is 0.0402. The van der Waals surface area contributed by atoms with Crippen LogP contribution in [0.15, 0.2) is 17.0 Å². The van der Waals surface area contributed by atoms with E-state index in [0.29, 0.717) is 5.75 Å². The van der Waals surface area contributed by atoms with E-state index in [1.165, 1.54) is 7.11 Å². The molecule has 0 saturated heterocycles. The van der Waals surface area contributed by atoms with E-state index in [1.54, 1.807) is 24.1 Å². The van der Waals surface area contributed by atoms with Gasteiger partial charge in [0.15, 0.2) is 11.6 Å². The van der Waals surface area contributed by atoms with Gasteiger partial charge in [-0.2, -0.15) is 0 Å². The van der Waals surface area contributed by atoms with Crippen LogP contribution in [0.3, 0.4) is 0 Å². The fourth-order valence-electron chi connectivity index (χ4n) is 2.24. The Morgan fingerprint density at radius 3 is 2.53 bits per heavy atom. The molecule has 0 saturated carbocycles. The van der Waals surface area contributed by atoms with Crippen molar-refractivity contribution in [3.63, 3.8) is 0 Å². The lowest BCUT2D eigenvalue weighted by Gasteiger charge is -2.37. The quantitative estimate of drug-likeness (QED) is 0.734. The smallest absolute Gasteiger partial charge is 0.167 e. The number of fused-ring (bicyclic) bond motifs is 1. The molecule has 0 fully saturated rings. The van der Waals surface area contributed by atoms with Crippen LogP contribution in [0.25, 0.3) is 0 Å². The number of likely N-dealkylation sites (N-methyl/N-ethyl adjacent to an activating group) is 1. The van der Waals surface area contributed by atoms with Crippen LogP contribution < -0.4 is 9.64 Å². The zero-order chi connectivity index (χ0) is 14.2. The van der Waals surface area contributed by atoms with Gasteiger partial charge in [-0.05, 0) is 39.8 Å². The van der Waals surface area contributed by atoms with Gasteiger partial charge in [-0.25, -0.2) is 8.70 Å². The number of nitrogens with zero attached hydrogens (tertiary/aromatic N) is 2. The van der Waals surface area contributed by atoms with Crippen molar-refractivity contribution >= 4 is 17.6 Å². The zero-order valence-electron chi connectivity index (χ0n) is 12.2. The lowest BCUT2D eigenvalue weighted by atomic mass is 10.0. The molecule has 5 heteroatoms. The first-order valence-corrected chi connectivity index (χ1v) is 7.14. The molecule has 0 atom stereocenters. The van der Waals surface area contributed by atoms with Gasteiger partial charge in [0.25, 0.3) is 0 Å². The Bertz CT molecular complexity index is 473. The molecule has 1 heterocycles. The summed E-state index contributed by atoms with van der Waals surface area (Å²) in [6.07, 6.45) is 0. The van der Waals surface area contributed by atoms with Crippen molar-refractivity contribution in [2.45, 2.75) is 31.2 Å². The van der Waals surface area contributed by atoms with E-state index in [9.17, 15) is 4.39 Å². The summed E-state index contributed by atoms with van der Waals surface area (Å²) in [5, 5.41) is 0. The molecule has 0 radical (unpaired) electrons. The molecular weight excluding hydrogens is 263 g/mol. The van der Waals surface area contributed by atoms with Crippen LogP contribution in [0.5, 0.6) is 5.75 Å². The van der Waals surface area contributed by atoms with Gasteiger partial charge in [0, 0.05) is 30.8 Å². The summed E-state index contributed by atoms with van der Waals surface area (Å²) in [4.78, 5) is 3.29. The van der Waals surface area contributed by atoms with Crippen molar-refractivity contribution < 1.29 is 9.13 Å². The monoisotopic (exact) mass is 284 g/mol. The maximum Gasteiger partial charge on any atom is 0.167 e. The Balaban J connectivity index is 2.54. The third kappa shape index (κ3) is 2.98. The second kappa shape index (κ2) is 5.21. The molecule has 0 spiro atoms. The summed E-state index contributed by atoms with van der Waals surface area (Å²) >= 11 is 1.64. The summed E-state index contributed by atoms with van der Waals surface area (Å²) in [6, 6.07) is 3.38. The molecule has 0 bridgehead atoms. The number of benzene rings is 1. The Morgan fingerprint density at radius 2 is 1.95 bits per heavy atom. The van der Waals surface area contributed by atoms with E-state index >= 15 is 0 Å². The number of ether oxygens (including phenoxy) is 1. The van der Waals surface area contributed by atoms with Crippen LogP contribution in [0, 0.1) is 5.82 Å². The number of hydrogen-bond donors (Lipinski definition) is 0. The first-order chi connectivity index (χ1) is 8.82. The van der Waals surface area contributed by atoms with E-state index in [2.05, 4.69) is 37.0 Å². The van der Waals surface area contributed by atoms with Crippen LogP contribution in [-0.2, 0) is 0 Å². The van der Waals surface area contributed by atoms with Crippen molar-refractivity contribution in [2.24, 2.45) is 0 Å². The van der Waals surface area contributed by atoms with Gasteiger partial charge in [-0.3, -0.25) is 0 Å². The van der Waals surface area contributed by atoms with E-state index in [-0.39, 0.29) is 11.4 Å². The highest BCUT2D eigenvalue weighted by atomic mass is 32.2. The Morgan fingerprint density at radius 1 is 1.26 bits per heavy atom. The fourth-order valence-corrected chi connectivity index (χ4v) is 3.17. The van der Waals surface area contributed by atoms with Crippen LogP contribution in [0.2, 0.25) is 0 Å². The topological polar surface area (TPSA) is 15.7 Å². The molecule has 106 valence electrons. The standard InChI is InChI=1S/C14H21FN2OS/c1-14(2,3)17-7-6-16(4)19-13-9-12(18-5)10(15)8-11(13)17/h8-9H,6-7H2,1-5H3. The van der Waals surface area contributed by atoms with Crippen molar-refractivity contribution in [1.82, 2.24) is 4.31 Å². The van der Waals surface area contributed by atoms with Gasteiger partial charge in [0.1, 0.15) is 0 Å². The van der Waals surface area contributed by atoms with Crippen LogP contribution in [-0.4, -0.2) is 37.1 Å². The van der Waals surface area contributed by atoms with Gasteiger partial charge in [-0.15, -0.1) is 0 Å². The minimum atomic E-state index is -0.305. The number of rotatable bonds is 1. The minimum Gasteiger partial charge on any atom is -0.494 e. The Labute approximate surface area is 118 Å². The number of hydrogen-bond acceptors (Lipinski definition) is 4. The number of halogens is 1. The summed E-state index contributed by atoms with van der Waals surface area (Å²) in [5.74, 6) is -0.00365. The molecule has 1 aliphatic rings. The average Bonchev–Trinajstić information content (AvgIpc) is 2.45. The van der Waals surface area contributed by atoms with Crippen LogP contribution in [0.1, 0.15) is 20.8 Å². The molecule has 0 N–H and O–H groups in total. The number of anilines is 1. The highest BCUT2D eigenvalue weighted by Gasteiger charge is 2.28. The molecule has 2 rings (SSSR count). The maximum absolute atomic E-state index is 14.0. The van der Waals surface area contributed by atoms with Crippen molar-refractivity contribution in [3.05, 3.63) is 17.9 Å². The van der Waals surface area contributed by atoms with Gasteiger partial charge in [0.05, 0.1) is 17.7 Å². The third-order valence-electron chi connectivity index (χ3n) is 3.23. The SMILES string of the molecule is COc1cc2c(cc1F)N(C(C)(C)C)CCN(C)S2. The Hall–Kier alpha value is -0.940. The van der Waals surface area contributed by atoms with Crippen molar-refractivity contribution in [1.29, 1.82) is 0 Å². The van der Waals surface area contributed by atoms with E-state index in [0.717, 1.165) is 23.7 Å². The predicted octanol–water partition coefficient (Wildman–Crippen LogP) is 3.39. The van der Waals surface area contributed by atoms with Crippen LogP contribution >= 0.6 is 11.9 Å². The average molecular weight is 284 g/mol. The second-order valence-corrected chi connectivity index (χ2v) is 6.97. The predicted molar refractivity (Wildman–Crippen MR) is 78.5 cm³/mol. The molecule has 0 unspecified atom stereocenters. The van der Waals surface area contributed by atoms with E-state index < -0.39 is 0 Å².